The van der Waals surface area contributed by atoms with E-state index in [2.05, 4.69) is 15.3 Å². The van der Waals surface area contributed by atoms with Gasteiger partial charge in [-0.25, -0.2) is 13.6 Å². The van der Waals surface area contributed by atoms with Gasteiger partial charge < -0.3 is 19.5 Å². The van der Waals surface area contributed by atoms with Crippen molar-refractivity contribution in [1.82, 2.24) is 24.9 Å². The summed E-state index contributed by atoms with van der Waals surface area (Å²) in [6, 6.07) is 6.97. The summed E-state index contributed by atoms with van der Waals surface area (Å²) in [6.45, 7) is 0.0553. The zero-order chi connectivity index (χ0) is 26.3. The molecule has 2 aliphatic heterocycles. The summed E-state index contributed by atoms with van der Waals surface area (Å²) in [5.74, 6) is -1.94. The van der Waals surface area contributed by atoms with E-state index in [-0.39, 0.29) is 19.3 Å². The van der Waals surface area contributed by atoms with Crippen molar-refractivity contribution in [2.45, 2.75) is 43.3 Å². The van der Waals surface area contributed by atoms with Crippen LogP contribution < -0.4 is 9.64 Å². The van der Waals surface area contributed by atoms with Crippen LogP contribution in [0.2, 0.25) is 0 Å². The number of halogens is 2. The standard InChI is InChI=1S/C25H28F2N6O4/c1-31-13-16(12-28-31)15-4-5-19(21(8-15)37-14-36-3)20-6-7-23(30-29-20)32(2)17-9-18-11-25(26,27)22(10-17)33(18)24(34)35/h4-8,12-13,17-18,22H,9-11,14H2,1-3H3,(H,34,35)/t17-,18+,22-/m1/s1. The van der Waals surface area contributed by atoms with Gasteiger partial charge in [0.2, 0.25) is 0 Å². The van der Waals surface area contributed by atoms with Crippen molar-refractivity contribution in [2.24, 2.45) is 7.05 Å². The van der Waals surface area contributed by atoms with Crippen molar-refractivity contribution in [3.63, 3.8) is 0 Å². The Morgan fingerprint density at radius 2 is 2.03 bits per heavy atom. The number of methoxy groups -OCH3 is 1. The molecule has 1 aromatic carbocycles. The third kappa shape index (κ3) is 4.68. The number of amides is 1. The number of benzene rings is 1. The summed E-state index contributed by atoms with van der Waals surface area (Å²) >= 11 is 0. The topological polar surface area (TPSA) is 106 Å². The Hall–Kier alpha value is -3.80. The van der Waals surface area contributed by atoms with Crippen molar-refractivity contribution in [1.29, 1.82) is 0 Å². The number of fused-ring (bicyclic) bond motifs is 2. The second-order valence-electron chi connectivity index (χ2n) is 9.50. The van der Waals surface area contributed by atoms with Crippen molar-refractivity contribution >= 4 is 11.9 Å². The first-order valence-electron chi connectivity index (χ1n) is 11.9. The monoisotopic (exact) mass is 514 g/mol. The van der Waals surface area contributed by atoms with Crippen LogP contribution in [0.25, 0.3) is 22.4 Å². The number of hydrogen-bond donors (Lipinski definition) is 1. The predicted octanol–water partition coefficient (Wildman–Crippen LogP) is 3.88. The molecule has 1 N–H and O–H groups in total. The highest BCUT2D eigenvalue weighted by molar-refractivity contribution is 5.74. The van der Waals surface area contributed by atoms with E-state index in [1.165, 1.54) is 7.11 Å². The molecule has 37 heavy (non-hydrogen) atoms. The maximum absolute atomic E-state index is 14.5. The lowest BCUT2D eigenvalue weighted by molar-refractivity contribution is -0.0363. The van der Waals surface area contributed by atoms with E-state index in [1.807, 2.05) is 36.3 Å². The molecule has 0 spiro atoms. The number of piperidine rings is 1. The fourth-order valence-corrected chi connectivity index (χ4v) is 5.33. The van der Waals surface area contributed by atoms with Crippen LogP contribution in [0.1, 0.15) is 19.3 Å². The Morgan fingerprint density at radius 3 is 2.65 bits per heavy atom. The van der Waals surface area contributed by atoms with E-state index < -0.39 is 30.5 Å². The highest BCUT2D eigenvalue weighted by atomic mass is 19.3. The number of aryl methyl sites for hydroxylation is 1. The number of carbonyl (C=O) groups is 1. The van der Waals surface area contributed by atoms with Gasteiger partial charge in [-0.15, -0.1) is 10.2 Å². The molecule has 3 atom stereocenters. The zero-order valence-corrected chi connectivity index (χ0v) is 20.7. The smallest absolute Gasteiger partial charge is 0.408 e. The first-order chi connectivity index (χ1) is 17.7. The van der Waals surface area contributed by atoms with Crippen LogP contribution in [0, 0.1) is 0 Å². The second-order valence-corrected chi connectivity index (χ2v) is 9.50. The van der Waals surface area contributed by atoms with Gasteiger partial charge in [-0.1, -0.05) is 6.07 Å². The minimum absolute atomic E-state index is 0.0283. The molecule has 2 aromatic heterocycles. The van der Waals surface area contributed by atoms with Gasteiger partial charge in [0.1, 0.15) is 11.8 Å². The maximum Gasteiger partial charge on any atom is 0.408 e. The first kappa shape index (κ1) is 24.9. The molecular formula is C25H28F2N6O4. The fourth-order valence-electron chi connectivity index (χ4n) is 5.33. The molecule has 1 amide bonds. The molecule has 0 unspecified atom stereocenters. The van der Waals surface area contributed by atoms with E-state index in [0.29, 0.717) is 23.7 Å². The molecule has 3 aromatic rings. The Labute approximate surface area is 212 Å². The first-order valence-corrected chi connectivity index (χ1v) is 11.9. The van der Waals surface area contributed by atoms with E-state index >= 15 is 0 Å². The van der Waals surface area contributed by atoms with Crippen molar-refractivity contribution in [2.75, 3.05) is 25.9 Å². The van der Waals surface area contributed by atoms with Crippen LogP contribution in [0.5, 0.6) is 5.75 Å². The number of alkyl halides is 2. The van der Waals surface area contributed by atoms with Gasteiger partial charge in [-0.3, -0.25) is 9.58 Å². The quantitative estimate of drug-likeness (QED) is 0.474. The molecular weight excluding hydrogens is 486 g/mol. The molecule has 5 rings (SSSR count). The molecule has 0 aliphatic carbocycles. The van der Waals surface area contributed by atoms with Crippen LogP contribution >= 0.6 is 0 Å². The largest absolute Gasteiger partial charge is 0.467 e. The van der Waals surface area contributed by atoms with Gasteiger partial charge in [0, 0.05) is 57.0 Å². The van der Waals surface area contributed by atoms with Crippen molar-refractivity contribution in [3.8, 4) is 28.1 Å². The molecule has 10 nitrogen and oxygen atoms in total. The molecule has 2 aliphatic rings. The van der Waals surface area contributed by atoms with Crippen LogP contribution in [0.15, 0.2) is 42.7 Å². The van der Waals surface area contributed by atoms with Crippen LogP contribution in [0.4, 0.5) is 19.4 Å². The Bertz CT molecular complexity index is 1280. The lowest BCUT2D eigenvalue weighted by atomic mass is 9.96. The predicted molar refractivity (Wildman–Crippen MR) is 131 cm³/mol. The third-order valence-electron chi connectivity index (χ3n) is 7.17. The lowest BCUT2D eigenvalue weighted by Crippen LogP contribution is -2.54. The number of nitrogens with zero attached hydrogens (tertiary/aromatic N) is 6. The van der Waals surface area contributed by atoms with Crippen LogP contribution in [-0.2, 0) is 11.8 Å². The van der Waals surface area contributed by atoms with Gasteiger partial charge in [-0.2, -0.15) is 5.10 Å². The molecule has 12 heteroatoms. The summed E-state index contributed by atoms with van der Waals surface area (Å²) in [7, 11) is 5.16. The van der Waals surface area contributed by atoms with Crippen molar-refractivity contribution < 1.29 is 28.2 Å². The summed E-state index contributed by atoms with van der Waals surface area (Å²) in [5.41, 5.74) is 3.16. The van der Waals surface area contributed by atoms with Gasteiger partial charge in [0.25, 0.3) is 5.92 Å². The molecule has 196 valence electrons. The second kappa shape index (κ2) is 9.58. The van der Waals surface area contributed by atoms with Crippen molar-refractivity contribution in [3.05, 3.63) is 42.7 Å². The van der Waals surface area contributed by atoms with Gasteiger partial charge in [0.05, 0.1) is 11.9 Å². The van der Waals surface area contributed by atoms with Crippen LogP contribution in [-0.4, -0.2) is 81.1 Å². The van der Waals surface area contributed by atoms with Gasteiger partial charge in [0.15, 0.2) is 12.6 Å². The average Bonchev–Trinajstić information content (AvgIpc) is 3.38. The SMILES string of the molecule is COCOc1cc(-c2cnn(C)c2)ccc1-c1ccc(N(C)[C@@H]2C[C@H]3CC(F)(F)[C@@H](C2)N3C(=O)O)nn1. The van der Waals surface area contributed by atoms with E-state index in [1.54, 1.807) is 30.1 Å². The minimum atomic E-state index is -3.03. The number of carboxylic acid groups (broad SMARTS) is 1. The third-order valence-corrected chi connectivity index (χ3v) is 7.17. The van der Waals surface area contributed by atoms with Gasteiger partial charge >= 0.3 is 6.09 Å². The molecule has 2 bridgehead atoms. The number of rotatable bonds is 7. The Balaban J connectivity index is 1.37. The minimum Gasteiger partial charge on any atom is -0.467 e. The highest BCUT2D eigenvalue weighted by Crippen LogP contribution is 2.47. The molecule has 2 fully saturated rings. The summed E-state index contributed by atoms with van der Waals surface area (Å²) in [4.78, 5) is 14.3. The van der Waals surface area contributed by atoms with Crippen LogP contribution in [0.3, 0.4) is 0 Å². The normalized spacial score (nSPS) is 22.2. The summed E-state index contributed by atoms with van der Waals surface area (Å²) in [5, 5.41) is 22.4. The number of aromatic nitrogens is 4. The average molecular weight is 515 g/mol. The molecule has 0 radical (unpaired) electrons. The number of ether oxygens (including phenoxy) is 2. The zero-order valence-electron chi connectivity index (χ0n) is 20.7. The maximum atomic E-state index is 14.5. The van der Waals surface area contributed by atoms with Gasteiger partial charge in [-0.05, 0) is 42.7 Å². The van der Waals surface area contributed by atoms with E-state index in [0.717, 1.165) is 21.6 Å². The Kier molecular flexibility index (Phi) is 6.44. The van der Waals surface area contributed by atoms with E-state index in [9.17, 15) is 18.7 Å². The number of anilines is 1. The summed E-state index contributed by atoms with van der Waals surface area (Å²) < 4.78 is 41.6. The number of hydrogen-bond acceptors (Lipinski definition) is 7. The fraction of sp³-hybridized carbons (Fsp3) is 0.440. The Morgan fingerprint density at radius 1 is 1.22 bits per heavy atom. The molecule has 2 saturated heterocycles. The molecule has 4 heterocycles. The summed E-state index contributed by atoms with van der Waals surface area (Å²) in [6.07, 6.45) is 2.27. The van der Waals surface area contributed by atoms with E-state index in [4.69, 9.17) is 9.47 Å². The lowest BCUT2D eigenvalue weighted by Gasteiger charge is -2.41. The molecule has 0 saturated carbocycles. The highest BCUT2D eigenvalue weighted by Gasteiger charge is 2.59.